The quantitative estimate of drug-likeness (QED) is 0.628. The standard InChI is InChI=1S/C20H18ClN3O2/c1-14-3-8-16(9-4-14)20-22-18(26-23-20)13-24(2)19(25)12-7-15-5-10-17(21)11-6-15/h3-12H,13H2,1-2H3/b12-7+. The molecule has 0 saturated heterocycles. The fourth-order valence-electron chi connectivity index (χ4n) is 2.29. The predicted octanol–water partition coefficient (Wildman–Crippen LogP) is 4.37. The Hall–Kier alpha value is -2.92. The molecule has 1 aromatic heterocycles. The van der Waals surface area contributed by atoms with Crippen molar-refractivity contribution >= 4 is 23.6 Å². The summed E-state index contributed by atoms with van der Waals surface area (Å²) in [5.74, 6) is 0.740. The van der Waals surface area contributed by atoms with Crippen LogP contribution in [0.4, 0.5) is 0 Å². The van der Waals surface area contributed by atoms with Crippen molar-refractivity contribution in [3.05, 3.63) is 76.6 Å². The molecule has 3 rings (SSSR count). The van der Waals surface area contributed by atoms with Gasteiger partial charge in [0, 0.05) is 23.7 Å². The number of likely N-dealkylation sites (N-methyl/N-ethyl adjacent to an activating group) is 1. The molecule has 26 heavy (non-hydrogen) atoms. The number of carbonyl (C=O) groups excluding carboxylic acids is 1. The van der Waals surface area contributed by atoms with Gasteiger partial charge in [-0.1, -0.05) is 58.7 Å². The Balaban J connectivity index is 1.62. The summed E-state index contributed by atoms with van der Waals surface area (Å²) in [7, 11) is 1.68. The van der Waals surface area contributed by atoms with Crippen LogP contribution in [0.15, 0.2) is 59.1 Å². The van der Waals surface area contributed by atoms with Gasteiger partial charge < -0.3 is 9.42 Å². The largest absolute Gasteiger partial charge is 0.337 e. The van der Waals surface area contributed by atoms with E-state index in [4.69, 9.17) is 16.1 Å². The van der Waals surface area contributed by atoms with E-state index in [-0.39, 0.29) is 12.5 Å². The van der Waals surface area contributed by atoms with Gasteiger partial charge >= 0.3 is 0 Å². The third kappa shape index (κ3) is 4.58. The fraction of sp³-hybridized carbons (Fsp3) is 0.150. The van der Waals surface area contributed by atoms with Gasteiger partial charge in [-0.3, -0.25) is 4.79 Å². The zero-order valence-corrected chi connectivity index (χ0v) is 15.3. The lowest BCUT2D eigenvalue weighted by atomic mass is 10.1. The number of hydrogen-bond donors (Lipinski definition) is 0. The van der Waals surface area contributed by atoms with Gasteiger partial charge in [0.2, 0.25) is 17.6 Å². The molecule has 0 fully saturated rings. The number of nitrogens with zero attached hydrogens (tertiary/aromatic N) is 3. The van der Waals surface area contributed by atoms with Crippen molar-refractivity contribution in [1.82, 2.24) is 15.0 Å². The predicted molar refractivity (Wildman–Crippen MR) is 101 cm³/mol. The van der Waals surface area contributed by atoms with Gasteiger partial charge in [0.1, 0.15) is 0 Å². The second-order valence-electron chi connectivity index (χ2n) is 5.96. The Kier molecular flexibility index (Phi) is 5.49. The Labute approximate surface area is 156 Å². The zero-order chi connectivity index (χ0) is 18.5. The number of benzene rings is 2. The lowest BCUT2D eigenvalue weighted by Crippen LogP contribution is -2.24. The molecule has 2 aromatic carbocycles. The number of hydrogen-bond acceptors (Lipinski definition) is 4. The molecule has 132 valence electrons. The molecule has 1 heterocycles. The molecule has 1 amide bonds. The minimum Gasteiger partial charge on any atom is -0.337 e. The van der Waals surface area contributed by atoms with Gasteiger partial charge in [-0.25, -0.2) is 0 Å². The summed E-state index contributed by atoms with van der Waals surface area (Å²) in [4.78, 5) is 18.1. The molecular formula is C20H18ClN3O2. The molecule has 0 aliphatic carbocycles. The van der Waals surface area contributed by atoms with Crippen LogP contribution in [0, 0.1) is 6.92 Å². The molecule has 0 radical (unpaired) electrons. The van der Waals surface area contributed by atoms with E-state index >= 15 is 0 Å². The summed E-state index contributed by atoms with van der Waals surface area (Å²) in [6.07, 6.45) is 3.24. The lowest BCUT2D eigenvalue weighted by Gasteiger charge is -2.11. The highest BCUT2D eigenvalue weighted by Crippen LogP contribution is 2.17. The molecule has 0 spiro atoms. The molecule has 0 aliphatic rings. The van der Waals surface area contributed by atoms with Crippen LogP contribution in [0.3, 0.4) is 0 Å². The lowest BCUT2D eigenvalue weighted by molar-refractivity contribution is -0.125. The SMILES string of the molecule is Cc1ccc(-c2noc(CN(C)C(=O)/C=C/c3ccc(Cl)cc3)n2)cc1. The monoisotopic (exact) mass is 367 g/mol. The minimum atomic E-state index is -0.157. The third-order valence-electron chi connectivity index (χ3n) is 3.81. The fourth-order valence-corrected chi connectivity index (χ4v) is 2.41. The van der Waals surface area contributed by atoms with Crippen LogP contribution in [-0.4, -0.2) is 28.0 Å². The van der Waals surface area contributed by atoms with E-state index in [0.717, 1.165) is 16.7 Å². The van der Waals surface area contributed by atoms with Gasteiger partial charge in [-0.2, -0.15) is 4.98 Å². The number of aromatic nitrogens is 2. The van der Waals surface area contributed by atoms with Crippen molar-refractivity contribution in [2.45, 2.75) is 13.5 Å². The number of halogens is 1. The highest BCUT2D eigenvalue weighted by molar-refractivity contribution is 6.30. The first kappa shape index (κ1) is 17.9. The topological polar surface area (TPSA) is 59.2 Å². The van der Waals surface area contributed by atoms with Crippen molar-refractivity contribution < 1.29 is 9.32 Å². The molecule has 3 aromatic rings. The van der Waals surface area contributed by atoms with Crippen LogP contribution in [-0.2, 0) is 11.3 Å². The second-order valence-corrected chi connectivity index (χ2v) is 6.39. The van der Waals surface area contributed by atoms with Crippen molar-refractivity contribution in [2.75, 3.05) is 7.05 Å². The molecule has 0 unspecified atom stereocenters. The van der Waals surface area contributed by atoms with E-state index in [1.807, 2.05) is 43.3 Å². The summed E-state index contributed by atoms with van der Waals surface area (Å²) in [6.45, 7) is 2.26. The Morgan fingerprint density at radius 3 is 2.54 bits per heavy atom. The van der Waals surface area contributed by atoms with Crippen LogP contribution in [0.5, 0.6) is 0 Å². The number of rotatable bonds is 5. The van der Waals surface area contributed by atoms with Crippen molar-refractivity contribution in [1.29, 1.82) is 0 Å². The first-order chi connectivity index (χ1) is 12.5. The maximum atomic E-state index is 12.2. The summed E-state index contributed by atoms with van der Waals surface area (Å²) >= 11 is 5.85. The molecule has 6 heteroatoms. The summed E-state index contributed by atoms with van der Waals surface area (Å²) < 4.78 is 5.25. The van der Waals surface area contributed by atoms with E-state index in [2.05, 4.69) is 10.1 Å². The molecule has 5 nitrogen and oxygen atoms in total. The highest BCUT2D eigenvalue weighted by Gasteiger charge is 2.13. The Morgan fingerprint density at radius 2 is 1.85 bits per heavy atom. The Bertz CT molecular complexity index is 915. The van der Waals surface area contributed by atoms with Gasteiger partial charge in [-0.05, 0) is 30.7 Å². The first-order valence-corrected chi connectivity index (χ1v) is 8.47. The molecule has 0 aliphatic heterocycles. The van der Waals surface area contributed by atoms with Crippen LogP contribution >= 0.6 is 11.6 Å². The normalized spacial score (nSPS) is 11.0. The summed E-state index contributed by atoms with van der Waals surface area (Å²) in [5.41, 5.74) is 2.94. The van der Waals surface area contributed by atoms with E-state index in [1.54, 1.807) is 25.3 Å². The number of amides is 1. The van der Waals surface area contributed by atoms with E-state index in [1.165, 1.54) is 11.0 Å². The van der Waals surface area contributed by atoms with E-state index < -0.39 is 0 Å². The van der Waals surface area contributed by atoms with Crippen molar-refractivity contribution in [3.63, 3.8) is 0 Å². The van der Waals surface area contributed by atoms with Gasteiger partial charge in [0.05, 0.1) is 6.54 Å². The Morgan fingerprint density at radius 1 is 1.15 bits per heavy atom. The number of carbonyl (C=O) groups is 1. The average molecular weight is 368 g/mol. The third-order valence-corrected chi connectivity index (χ3v) is 4.07. The molecule has 0 bridgehead atoms. The minimum absolute atomic E-state index is 0.157. The molecular weight excluding hydrogens is 350 g/mol. The molecule has 0 N–H and O–H groups in total. The van der Waals surface area contributed by atoms with Crippen LogP contribution in [0.1, 0.15) is 17.0 Å². The zero-order valence-electron chi connectivity index (χ0n) is 14.5. The molecule has 0 saturated carbocycles. The maximum Gasteiger partial charge on any atom is 0.246 e. The maximum absolute atomic E-state index is 12.2. The van der Waals surface area contributed by atoms with Crippen LogP contribution < -0.4 is 0 Å². The second kappa shape index (κ2) is 7.97. The summed E-state index contributed by atoms with van der Waals surface area (Å²) in [5, 5.41) is 4.63. The first-order valence-electron chi connectivity index (χ1n) is 8.09. The smallest absolute Gasteiger partial charge is 0.246 e. The van der Waals surface area contributed by atoms with Gasteiger partial charge in [-0.15, -0.1) is 0 Å². The molecule has 0 atom stereocenters. The van der Waals surface area contributed by atoms with E-state index in [0.29, 0.717) is 16.7 Å². The summed E-state index contributed by atoms with van der Waals surface area (Å²) in [6, 6.07) is 15.1. The van der Waals surface area contributed by atoms with Crippen molar-refractivity contribution in [3.8, 4) is 11.4 Å². The van der Waals surface area contributed by atoms with Crippen molar-refractivity contribution in [2.24, 2.45) is 0 Å². The highest BCUT2D eigenvalue weighted by atomic mass is 35.5. The van der Waals surface area contributed by atoms with Gasteiger partial charge in [0.25, 0.3) is 0 Å². The number of aryl methyl sites for hydroxylation is 1. The van der Waals surface area contributed by atoms with Crippen LogP contribution in [0.2, 0.25) is 5.02 Å². The van der Waals surface area contributed by atoms with Gasteiger partial charge in [0.15, 0.2) is 0 Å². The van der Waals surface area contributed by atoms with Crippen LogP contribution in [0.25, 0.3) is 17.5 Å². The average Bonchev–Trinajstić information content (AvgIpc) is 3.10. The van der Waals surface area contributed by atoms with E-state index in [9.17, 15) is 4.79 Å².